The molecule has 0 aromatic carbocycles. The molecule has 2 saturated carbocycles. The third-order valence-corrected chi connectivity index (χ3v) is 4.13. The van der Waals surface area contributed by atoms with Crippen LogP contribution in [0, 0.1) is 17.8 Å². The van der Waals surface area contributed by atoms with Crippen molar-refractivity contribution in [1.29, 1.82) is 0 Å². The molecule has 0 heterocycles. The smallest absolute Gasteiger partial charge is 0.223 e. The molecule has 1 amide bonds. The van der Waals surface area contributed by atoms with Crippen molar-refractivity contribution < 1.29 is 4.79 Å². The van der Waals surface area contributed by atoms with E-state index in [-0.39, 0.29) is 11.3 Å². The lowest BCUT2D eigenvalue weighted by Gasteiger charge is -2.20. The predicted molar refractivity (Wildman–Crippen MR) is 61.9 cm³/mol. The molecular weight excluding hydrogens is 210 g/mol. The summed E-state index contributed by atoms with van der Waals surface area (Å²) in [5.74, 6) is 2.12. The van der Waals surface area contributed by atoms with Crippen LogP contribution in [0.25, 0.3) is 0 Å². The summed E-state index contributed by atoms with van der Waals surface area (Å²) in [6, 6.07) is 0. The monoisotopic (exact) mass is 229 g/mol. The van der Waals surface area contributed by atoms with Gasteiger partial charge in [0.25, 0.3) is 0 Å². The maximum Gasteiger partial charge on any atom is 0.223 e. The second kappa shape index (κ2) is 4.73. The number of amides is 1. The fourth-order valence-electron chi connectivity index (χ4n) is 3.09. The third-order valence-electron chi connectivity index (χ3n) is 3.92. The van der Waals surface area contributed by atoms with Gasteiger partial charge in [-0.3, -0.25) is 4.79 Å². The van der Waals surface area contributed by atoms with Gasteiger partial charge in [0.05, 0.1) is 0 Å². The molecule has 2 rings (SSSR count). The Morgan fingerprint density at radius 2 is 2.27 bits per heavy atom. The molecule has 2 fully saturated rings. The number of halogens is 1. The summed E-state index contributed by atoms with van der Waals surface area (Å²) in [7, 11) is 0. The average Bonchev–Trinajstić information content (AvgIpc) is 2.77. The van der Waals surface area contributed by atoms with E-state index in [1.807, 2.05) is 6.92 Å². The Bertz CT molecular complexity index is 242. The number of hydrogen-bond donors (Lipinski definition) is 1. The molecule has 4 unspecified atom stereocenters. The van der Waals surface area contributed by atoms with Gasteiger partial charge in [-0.1, -0.05) is 6.42 Å². The predicted octanol–water partition coefficient (Wildman–Crippen LogP) is 2.56. The van der Waals surface area contributed by atoms with Gasteiger partial charge in [-0.15, -0.1) is 11.6 Å². The van der Waals surface area contributed by atoms with Crippen molar-refractivity contribution in [3.8, 4) is 0 Å². The van der Waals surface area contributed by atoms with E-state index in [4.69, 9.17) is 11.6 Å². The van der Waals surface area contributed by atoms with E-state index in [1.165, 1.54) is 19.3 Å². The van der Waals surface area contributed by atoms with E-state index in [0.29, 0.717) is 11.8 Å². The molecule has 15 heavy (non-hydrogen) atoms. The molecule has 0 aliphatic heterocycles. The zero-order chi connectivity index (χ0) is 10.8. The molecule has 3 heteroatoms. The quantitative estimate of drug-likeness (QED) is 0.738. The normalized spacial score (nSPS) is 35.5. The maximum absolute atomic E-state index is 11.9. The van der Waals surface area contributed by atoms with Crippen LogP contribution in [0.1, 0.15) is 39.0 Å². The Morgan fingerprint density at radius 1 is 1.47 bits per heavy atom. The highest BCUT2D eigenvalue weighted by atomic mass is 35.5. The van der Waals surface area contributed by atoms with Crippen molar-refractivity contribution in [1.82, 2.24) is 5.32 Å². The van der Waals surface area contributed by atoms with E-state index in [0.717, 1.165) is 25.3 Å². The Labute approximate surface area is 96.8 Å². The molecule has 2 aliphatic carbocycles. The number of alkyl halides is 1. The summed E-state index contributed by atoms with van der Waals surface area (Å²) in [5.41, 5.74) is 0. The van der Waals surface area contributed by atoms with Gasteiger partial charge in [-0.25, -0.2) is 0 Å². The number of rotatable bonds is 4. The fourth-order valence-corrected chi connectivity index (χ4v) is 3.20. The first-order valence-corrected chi connectivity index (χ1v) is 6.52. The maximum atomic E-state index is 11.9. The van der Waals surface area contributed by atoms with Crippen LogP contribution in [-0.4, -0.2) is 17.8 Å². The van der Waals surface area contributed by atoms with E-state index in [2.05, 4.69) is 5.32 Å². The van der Waals surface area contributed by atoms with Gasteiger partial charge in [0.1, 0.15) is 0 Å². The molecule has 1 N–H and O–H groups in total. The molecule has 2 bridgehead atoms. The molecule has 0 radical (unpaired) electrons. The number of carbonyl (C=O) groups is 1. The lowest BCUT2D eigenvalue weighted by Crippen LogP contribution is -2.34. The number of hydrogen-bond acceptors (Lipinski definition) is 1. The Kier molecular flexibility index (Phi) is 3.55. The molecule has 4 atom stereocenters. The summed E-state index contributed by atoms with van der Waals surface area (Å²) < 4.78 is 0. The first-order valence-electron chi connectivity index (χ1n) is 6.08. The van der Waals surface area contributed by atoms with Crippen LogP contribution < -0.4 is 5.32 Å². The van der Waals surface area contributed by atoms with Crippen molar-refractivity contribution in [2.45, 2.75) is 44.4 Å². The first kappa shape index (κ1) is 11.3. The van der Waals surface area contributed by atoms with E-state index < -0.39 is 0 Å². The van der Waals surface area contributed by atoms with E-state index in [9.17, 15) is 4.79 Å². The summed E-state index contributed by atoms with van der Waals surface area (Å²) in [5, 5.41) is 3.18. The Balaban J connectivity index is 1.72. The number of fused-ring (bicyclic) bond motifs is 2. The summed E-state index contributed by atoms with van der Waals surface area (Å²) in [4.78, 5) is 11.9. The van der Waals surface area contributed by atoms with Crippen LogP contribution >= 0.6 is 11.6 Å². The van der Waals surface area contributed by atoms with Gasteiger partial charge >= 0.3 is 0 Å². The molecular formula is C12H20ClNO. The molecule has 0 aromatic heterocycles. The zero-order valence-corrected chi connectivity index (χ0v) is 10.1. The van der Waals surface area contributed by atoms with Crippen LogP contribution in [0.5, 0.6) is 0 Å². The Hall–Kier alpha value is -0.240. The van der Waals surface area contributed by atoms with Crippen molar-refractivity contribution in [2.24, 2.45) is 17.8 Å². The second-order valence-corrected chi connectivity index (χ2v) is 5.89. The molecule has 0 spiro atoms. The minimum absolute atomic E-state index is 0.158. The number of carbonyl (C=O) groups excluding carboxylic acids is 1. The summed E-state index contributed by atoms with van der Waals surface area (Å²) in [6.07, 6.45) is 5.92. The van der Waals surface area contributed by atoms with Crippen molar-refractivity contribution in [3.63, 3.8) is 0 Å². The standard InChI is InChI=1S/C12H20ClNO/c1-8(13)4-5-14-12(15)11-7-9-2-3-10(11)6-9/h8-11H,2-7H2,1H3,(H,14,15). The van der Waals surface area contributed by atoms with Crippen LogP contribution in [0.2, 0.25) is 0 Å². The van der Waals surface area contributed by atoms with E-state index in [1.54, 1.807) is 0 Å². The fraction of sp³-hybridized carbons (Fsp3) is 0.917. The molecule has 0 saturated heterocycles. The Morgan fingerprint density at radius 3 is 2.80 bits per heavy atom. The summed E-state index contributed by atoms with van der Waals surface area (Å²) in [6.45, 7) is 2.70. The lowest BCUT2D eigenvalue weighted by molar-refractivity contribution is -0.126. The molecule has 2 nitrogen and oxygen atoms in total. The minimum Gasteiger partial charge on any atom is -0.356 e. The van der Waals surface area contributed by atoms with E-state index >= 15 is 0 Å². The van der Waals surface area contributed by atoms with Gasteiger partial charge in [0.15, 0.2) is 0 Å². The van der Waals surface area contributed by atoms with Gasteiger partial charge in [0, 0.05) is 17.8 Å². The SMILES string of the molecule is CC(Cl)CCNC(=O)C1CC2CCC1C2. The summed E-state index contributed by atoms with van der Waals surface area (Å²) >= 11 is 5.83. The lowest BCUT2D eigenvalue weighted by atomic mass is 9.88. The highest BCUT2D eigenvalue weighted by molar-refractivity contribution is 6.20. The van der Waals surface area contributed by atoms with Gasteiger partial charge in [-0.05, 0) is 44.4 Å². The van der Waals surface area contributed by atoms with Crippen LogP contribution in [-0.2, 0) is 4.79 Å². The molecule has 86 valence electrons. The highest BCUT2D eigenvalue weighted by Gasteiger charge is 2.42. The molecule has 2 aliphatic rings. The zero-order valence-electron chi connectivity index (χ0n) is 9.34. The van der Waals surface area contributed by atoms with Gasteiger partial charge in [0.2, 0.25) is 5.91 Å². The first-order chi connectivity index (χ1) is 7.16. The third kappa shape index (κ3) is 2.66. The number of nitrogens with one attached hydrogen (secondary N) is 1. The van der Waals surface area contributed by atoms with Crippen LogP contribution in [0.15, 0.2) is 0 Å². The minimum atomic E-state index is 0.158. The van der Waals surface area contributed by atoms with Crippen molar-refractivity contribution >= 4 is 17.5 Å². The van der Waals surface area contributed by atoms with Crippen LogP contribution in [0.3, 0.4) is 0 Å². The topological polar surface area (TPSA) is 29.1 Å². The second-order valence-electron chi connectivity index (χ2n) is 5.14. The van der Waals surface area contributed by atoms with Gasteiger partial charge in [-0.2, -0.15) is 0 Å². The van der Waals surface area contributed by atoms with Gasteiger partial charge < -0.3 is 5.32 Å². The van der Waals surface area contributed by atoms with Crippen molar-refractivity contribution in [2.75, 3.05) is 6.54 Å². The van der Waals surface area contributed by atoms with Crippen molar-refractivity contribution in [3.05, 3.63) is 0 Å². The molecule has 0 aromatic rings. The van der Waals surface area contributed by atoms with Crippen LogP contribution in [0.4, 0.5) is 0 Å². The highest BCUT2D eigenvalue weighted by Crippen LogP contribution is 2.48. The average molecular weight is 230 g/mol. The largest absolute Gasteiger partial charge is 0.356 e.